The van der Waals surface area contributed by atoms with Gasteiger partial charge in [0.05, 0.1) is 5.69 Å². The molecule has 3 aromatic rings. The third-order valence-corrected chi connectivity index (χ3v) is 3.35. The van der Waals surface area contributed by atoms with Crippen LogP contribution in [0.1, 0.15) is 5.76 Å². The average Bonchev–Trinajstić information content (AvgIpc) is 2.83. The molecule has 2 aromatic carbocycles. The number of halogens is 1. The Morgan fingerprint density at radius 2 is 1.89 bits per heavy atom. The number of nitrogens with two attached hydrogens (primary N) is 1. The minimum Gasteiger partial charge on any atom is -0.486 e. The monoisotopic (exact) mass is 317 g/mol. The Kier molecular flexibility index (Phi) is 3.17. The first-order chi connectivity index (χ1) is 9.22. The first-order valence-electron chi connectivity index (χ1n) is 5.87. The van der Waals surface area contributed by atoms with Crippen LogP contribution in [0.25, 0.3) is 11.0 Å². The van der Waals surface area contributed by atoms with Crippen LogP contribution in [0, 0.1) is 0 Å². The summed E-state index contributed by atoms with van der Waals surface area (Å²) in [7, 11) is 0. The normalized spacial score (nSPS) is 10.8. The molecule has 0 radical (unpaired) electrons. The molecule has 0 atom stereocenters. The number of nitrogen functional groups attached to an aromatic ring is 1. The molecule has 0 saturated carbocycles. The highest BCUT2D eigenvalue weighted by Crippen LogP contribution is 2.25. The van der Waals surface area contributed by atoms with Gasteiger partial charge in [0.2, 0.25) is 0 Å². The number of rotatable bonds is 3. The third-order valence-electron chi connectivity index (χ3n) is 2.82. The summed E-state index contributed by atoms with van der Waals surface area (Å²) in [6.07, 6.45) is 0. The van der Waals surface area contributed by atoms with Crippen LogP contribution in [0.3, 0.4) is 0 Å². The van der Waals surface area contributed by atoms with E-state index in [1.807, 2.05) is 48.5 Å². The summed E-state index contributed by atoms with van der Waals surface area (Å²) in [5.41, 5.74) is 7.22. The van der Waals surface area contributed by atoms with Gasteiger partial charge in [-0.15, -0.1) is 0 Å². The van der Waals surface area contributed by atoms with E-state index in [-0.39, 0.29) is 0 Å². The standard InChI is InChI=1S/C15H12BrNO2/c16-11-4-6-12(7-5-11)18-9-13-8-10-2-1-3-14(17)15(10)19-13/h1-8H,9,17H2. The van der Waals surface area contributed by atoms with E-state index in [1.165, 1.54) is 0 Å². The summed E-state index contributed by atoms with van der Waals surface area (Å²) in [5, 5.41) is 0.995. The molecule has 0 aliphatic heterocycles. The molecule has 0 aliphatic carbocycles. The number of anilines is 1. The molecule has 3 rings (SSSR count). The quantitative estimate of drug-likeness (QED) is 0.730. The van der Waals surface area contributed by atoms with Gasteiger partial charge in [0.15, 0.2) is 5.58 Å². The summed E-state index contributed by atoms with van der Waals surface area (Å²) < 4.78 is 12.4. The van der Waals surface area contributed by atoms with Gasteiger partial charge < -0.3 is 14.9 Å². The molecule has 4 heteroatoms. The molecular weight excluding hydrogens is 306 g/mol. The molecule has 0 fully saturated rings. The van der Waals surface area contributed by atoms with Crippen LogP contribution in [0.2, 0.25) is 0 Å². The maximum atomic E-state index is 5.85. The zero-order chi connectivity index (χ0) is 13.2. The lowest BCUT2D eigenvalue weighted by Gasteiger charge is -2.03. The van der Waals surface area contributed by atoms with E-state index in [4.69, 9.17) is 14.9 Å². The van der Waals surface area contributed by atoms with Gasteiger partial charge in [-0.2, -0.15) is 0 Å². The van der Waals surface area contributed by atoms with E-state index < -0.39 is 0 Å². The Balaban J connectivity index is 1.78. The summed E-state index contributed by atoms with van der Waals surface area (Å²) >= 11 is 3.38. The lowest BCUT2D eigenvalue weighted by atomic mass is 10.2. The zero-order valence-corrected chi connectivity index (χ0v) is 11.7. The molecule has 3 nitrogen and oxygen atoms in total. The van der Waals surface area contributed by atoms with E-state index >= 15 is 0 Å². The third kappa shape index (κ3) is 2.58. The van der Waals surface area contributed by atoms with Crippen molar-refractivity contribution in [3.63, 3.8) is 0 Å². The smallest absolute Gasteiger partial charge is 0.157 e. The van der Waals surface area contributed by atoms with E-state index in [9.17, 15) is 0 Å². The number of hydrogen-bond acceptors (Lipinski definition) is 3. The number of fused-ring (bicyclic) bond motifs is 1. The van der Waals surface area contributed by atoms with Gasteiger partial charge in [0, 0.05) is 9.86 Å². The lowest BCUT2D eigenvalue weighted by Crippen LogP contribution is -1.93. The fourth-order valence-electron chi connectivity index (χ4n) is 1.90. The van der Waals surface area contributed by atoms with Crippen molar-refractivity contribution < 1.29 is 9.15 Å². The number of furan rings is 1. The SMILES string of the molecule is Nc1cccc2cc(COc3ccc(Br)cc3)oc12. The molecule has 19 heavy (non-hydrogen) atoms. The molecule has 1 aromatic heterocycles. The van der Waals surface area contributed by atoms with Gasteiger partial charge in [0.1, 0.15) is 18.1 Å². The first kappa shape index (κ1) is 12.1. The Labute approximate surface area is 119 Å². The Bertz CT molecular complexity index is 704. The number of ether oxygens (including phenoxy) is 1. The molecular formula is C15H12BrNO2. The van der Waals surface area contributed by atoms with Crippen molar-refractivity contribution in [2.24, 2.45) is 0 Å². The van der Waals surface area contributed by atoms with Gasteiger partial charge >= 0.3 is 0 Å². The molecule has 0 bridgehead atoms. The predicted octanol–water partition coefficient (Wildman–Crippen LogP) is 4.36. The summed E-state index contributed by atoms with van der Waals surface area (Å²) in [4.78, 5) is 0. The lowest BCUT2D eigenvalue weighted by molar-refractivity contribution is 0.274. The van der Waals surface area contributed by atoms with Crippen LogP contribution in [0.15, 0.2) is 57.4 Å². The van der Waals surface area contributed by atoms with Crippen LogP contribution in [-0.2, 0) is 6.61 Å². The van der Waals surface area contributed by atoms with Crippen LogP contribution in [0.4, 0.5) is 5.69 Å². The Hall–Kier alpha value is -1.94. The van der Waals surface area contributed by atoms with Gasteiger partial charge in [-0.1, -0.05) is 28.1 Å². The Morgan fingerprint density at radius 3 is 2.63 bits per heavy atom. The predicted molar refractivity (Wildman–Crippen MR) is 79.1 cm³/mol. The van der Waals surface area contributed by atoms with Crippen molar-refractivity contribution in [1.82, 2.24) is 0 Å². The fourth-order valence-corrected chi connectivity index (χ4v) is 2.16. The van der Waals surface area contributed by atoms with Crippen molar-refractivity contribution in [3.05, 3.63) is 58.8 Å². The second-order valence-corrected chi connectivity index (χ2v) is 5.14. The largest absolute Gasteiger partial charge is 0.486 e. The maximum absolute atomic E-state index is 5.85. The second-order valence-electron chi connectivity index (χ2n) is 4.22. The topological polar surface area (TPSA) is 48.4 Å². The van der Waals surface area contributed by atoms with E-state index in [1.54, 1.807) is 0 Å². The minimum absolute atomic E-state index is 0.385. The van der Waals surface area contributed by atoms with Crippen molar-refractivity contribution in [2.75, 3.05) is 5.73 Å². The van der Waals surface area contributed by atoms with Gasteiger partial charge in [-0.3, -0.25) is 0 Å². The molecule has 96 valence electrons. The molecule has 0 unspecified atom stereocenters. The Morgan fingerprint density at radius 1 is 1.11 bits per heavy atom. The van der Waals surface area contributed by atoms with Crippen molar-refractivity contribution in [2.45, 2.75) is 6.61 Å². The van der Waals surface area contributed by atoms with Crippen molar-refractivity contribution >= 4 is 32.6 Å². The number of benzene rings is 2. The van der Waals surface area contributed by atoms with Crippen molar-refractivity contribution in [1.29, 1.82) is 0 Å². The van der Waals surface area contributed by atoms with Crippen molar-refractivity contribution in [3.8, 4) is 5.75 Å². The van der Waals surface area contributed by atoms with Crippen LogP contribution in [0.5, 0.6) is 5.75 Å². The highest BCUT2D eigenvalue weighted by atomic mass is 79.9. The van der Waals surface area contributed by atoms with Crippen LogP contribution >= 0.6 is 15.9 Å². The molecule has 0 spiro atoms. The molecule has 2 N–H and O–H groups in total. The number of para-hydroxylation sites is 1. The first-order valence-corrected chi connectivity index (χ1v) is 6.67. The van der Waals surface area contributed by atoms with Gasteiger partial charge in [-0.05, 0) is 36.4 Å². The summed E-state index contributed by atoms with van der Waals surface area (Å²) in [6.45, 7) is 0.385. The number of hydrogen-bond donors (Lipinski definition) is 1. The second kappa shape index (κ2) is 4.97. The maximum Gasteiger partial charge on any atom is 0.157 e. The molecule has 0 amide bonds. The zero-order valence-electron chi connectivity index (χ0n) is 10.1. The molecule has 0 aliphatic rings. The van der Waals surface area contributed by atoms with Gasteiger partial charge in [0.25, 0.3) is 0 Å². The van der Waals surface area contributed by atoms with E-state index in [0.717, 1.165) is 27.0 Å². The van der Waals surface area contributed by atoms with E-state index in [0.29, 0.717) is 12.3 Å². The highest BCUT2D eigenvalue weighted by molar-refractivity contribution is 9.10. The van der Waals surface area contributed by atoms with Crippen LogP contribution < -0.4 is 10.5 Å². The van der Waals surface area contributed by atoms with Gasteiger partial charge in [-0.25, -0.2) is 0 Å². The van der Waals surface area contributed by atoms with E-state index in [2.05, 4.69) is 15.9 Å². The summed E-state index contributed by atoms with van der Waals surface area (Å²) in [6, 6.07) is 15.3. The minimum atomic E-state index is 0.385. The highest BCUT2D eigenvalue weighted by Gasteiger charge is 2.06. The average molecular weight is 318 g/mol. The van der Waals surface area contributed by atoms with Crippen LogP contribution in [-0.4, -0.2) is 0 Å². The molecule has 0 saturated heterocycles. The molecule has 1 heterocycles. The summed E-state index contributed by atoms with van der Waals surface area (Å²) in [5.74, 6) is 1.56. The fraction of sp³-hybridized carbons (Fsp3) is 0.0667.